The van der Waals surface area contributed by atoms with Gasteiger partial charge < -0.3 is 10.1 Å². The van der Waals surface area contributed by atoms with Gasteiger partial charge in [-0.25, -0.2) is 4.98 Å². The molecule has 1 aromatic carbocycles. The van der Waals surface area contributed by atoms with Gasteiger partial charge in [-0.3, -0.25) is 0 Å². The highest BCUT2D eigenvalue weighted by Gasteiger charge is 2.27. The molecular formula is C17H19ClN2O. The number of hydrogen-bond donors (Lipinski definition) is 1. The first kappa shape index (κ1) is 14.4. The molecule has 2 aromatic rings. The van der Waals surface area contributed by atoms with Crippen molar-refractivity contribution < 1.29 is 4.74 Å². The number of benzene rings is 1. The summed E-state index contributed by atoms with van der Waals surface area (Å²) in [5.41, 5.74) is 2.60. The lowest BCUT2D eigenvalue weighted by Crippen LogP contribution is -2.34. The third-order valence-electron chi connectivity index (χ3n) is 4.18. The first-order valence-electron chi connectivity index (χ1n) is 7.24. The smallest absolute Gasteiger partial charge is 0.212 e. The van der Waals surface area contributed by atoms with Gasteiger partial charge in [-0.15, -0.1) is 0 Å². The van der Waals surface area contributed by atoms with Gasteiger partial charge in [0.05, 0.1) is 7.11 Å². The van der Waals surface area contributed by atoms with Crippen LogP contribution in [0.5, 0.6) is 5.88 Å². The fourth-order valence-electron chi connectivity index (χ4n) is 3.05. The van der Waals surface area contributed by atoms with E-state index in [0.717, 1.165) is 24.5 Å². The highest BCUT2D eigenvalue weighted by molar-refractivity contribution is 6.30. The van der Waals surface area contributed by atoms with Gasteiger partial charge in [0.2, 0.25) is 5.88 Å². The second kappa shape index (κ2) is 6.46. The summed E-state index contributed by atoms with van der Waals surface area (Å²) in [6.07, 6.45) is 3.05. The Morgan fingerprint density at radius 2 is 1.86 bits per heavy atom. The van der Waals surface area contributed by atoms with Crippen LogP contribution >= 0.6 is 11.6 Å². The summed E-state index contributed by atoms with van der Waals surface area (Å²) in [5, 5.41) is 4.27. The second-order valence-corrected chi connectivity index (χ2v) is 5.83. The van der Waals surface area contributed by atoms with E-state index in [-0.39, 0.29) is 0 Å². The summed E-state index contributed by atoms with van der Waals surface area (Å²) in [4.78, 5) is 4.35. The van der Waals surface area contributed by atoms with Crippen LogP contribution in [0.15, 0.2) is 42.6 Å². The summed E-state index contributed by atoms with van der Waals surface area (Å²) in [5.74, 6) is 1.59. The van der Waals surface area contributed by atoms with Crippen LogP contribution in [0.3, 0.4) is 0 Å². The van der Waals surface area contributed by atoms with Crippen molar-refractivity contribution in [1.82, 2.24) is 10.3 Å². The Hall–Kier alpha value is -1.58. The number of aromatic nitrogens is 1. The molecule has 110 valence electrons. The molecule has 2 atom stereocenters. The number of methoxy groups -OCH3 is 1. The van der Waals surface area contributed by atoms with E-state index in [1.165, 1.54) is 11.1 Å². The van der Waals surface area contributed by atoms with Gasteiger partial charge in [0.1, 0.15) is 0 Å². The van der Waals surface area contributed by atoms with Gasteiger partial charge in [-0.2, -0.15) is 0 Å². The van der Waals surface area contributed by atoms with Crippen LogP contribution in [0.1, 0.15) is 29.4 Å². The molecule has 0 amide bonds. The highest BCUT2D eigenvalue weighted by atomic mass is 35.5. The zero-order valence-electron chi connectivity index (χ0n) is 12.1. The molecule has 0 saturated carbocycles. The lowest BCUT2D eigenvalue weighted by Gasteiger charge is -2.33. The molecule has 2 unspecified atom stereocenters. The summed E-state index contributed by atoms with van der Waals surface area (Å²) in [6, 6.07) is 12.3. The standard InChI is InChI=1S/C17H19ClN2O/c1-21-17-7-4-13(10-20-17)15-8-9-19-11-16(15)12-2-5-14(18)6-3-12/h2-7,10,15-16,19H,8-9,11H2,1H3. The Morgan fingerprint density at radius 1 is 1.10 bits per heavy atom. The van der Waals surface area contributed by atoms with Crippen molar-refractivity contribution in [1.29, 1.82) is 0 Å². The summed E-state index contributed by atoms with van der Waals surface area (Å²) < 4.78 is 5.14. The minimum absolute atomic E-state index is 0.450. The van der Waals surface area contributed by atoms with Crippen LogP contribution in [0.2, 0.25) is 5.02 Å². The maximum absolute atomic E-state index is 6.00. The number of nitrogens with zero attached hydrogens (tertiary/aromatic N) is 1. The molecule has 1 fully saturated rings. The van der Waals surface area contributed by atoms with E-state index in [9.17, 15) is 0 Å². The van der Waals surface area contributed by atoms with E-state index in [1.54, 1.807) is 7.11 Å². The Balaban J connectivity index is 1.88. The van der Waals surface area contributed by atoms with E-state index >= 15 is 0 Å². The van der Waals surface area contributed by atoms with Crippen molar-refractivity contribution in [3.05, 3.63) is 58.7 Å². The number of nitrogens with one attached hydrogen (secondary N) is 1. The number of ether oxygens (including phenoxy) is 1. The number of hydrogen-bond acceptors (Lipinski definition) is 3. The van der Waals surface area contributed by atoms with Crippen molar-refractivity contribution >= 4 is 11.6 Å². The number of piperidine rings is 1. The Morgan fingerprint density at radius 3 is 2.52 bits per heavy atom. The average Bonchev–Trinajstić information content (AvgIpc) is 2.56. The molecule has 0 aliphatic carbocycles. The second-order valence-electron chi connectivity index (χ2n) is 5.39. The molecule has 0 bridgehead atoms. The number of halogens is 1. The van der Waals surface area contributed by atoms with Crippen molar-refractivity contribution in [3.63, 3.8) is 0 Å². The monoisotopic (exact) mass is 302 g/mol. The minimum Gasteiger partial charge on any atom is -0.481 e. The lowest BCUT2D eigenvalue weighted by atomic mass is 9.78. The van der Waals surface area contributed by atoms with Gasteiger partial charge in [-0.05, 0) is 42.1 Å². The lowest BCUT2D eigenvalue weighted by molar-refractivity contribution is 0.390. The van der Waals surface area contributed by atoms with Gasteiger partial charge in [0.15, 0.2) is 0 Å². The molecule has 21 heavy (non-hydrogen) atoms. The third kappa shape index (κ3) is 3.20. The molecule has 1 aromatic heterocycles. The summed E-state index contributed by atoms with van der Waals surface area (Å²) in [7, 11) is 1.64. The molecule has 1 saturated heterocycles. The Labute approximate surface area is 130 Å². The van der Waals surface area contributed by atoms with Crippen LogP contribution in [-0.2, 0) is 0 Å². The van der Waals surface area contributed by atoms with Gasteiger partial charge >= 0.3 is 0 Å². The van der Waals surface area contributed by atoms with Crippen molar-refractivity contribution in [2.45, 2.75) is 18.3 Å². The molecule has 2 heterocycles. The molecule has 1 aliphatic rings. The summed E-state index contributed by atoms with van der Waals surface area (Å²) >= 11 is 6.00. The van der Waals surface area contributed by atoms with Gasteiger partial charge in [0, 0.05) is 29.7 Å². The van der Waals surface area contributed by atoms with Crippen molar-refractivity contribution in [2.24, 2.45) is 0 Å². The molecule has 3 nitrogen and oxygen atoms in total. The van der Waals surface area contributed by atoms with E-state index in [2.05, 4.69) is 28.5 Å². The SMILES string of the molecule is COc1ccc(C2CCNCC2c2ccc(Cl)cc2)cn1. The third-order valence-corrected chi connectivity index (χ3v) is 4.43. The molecule has 4 heteroatoms. The predicted molar refractivity (Wildman–Crippen MR) is 85.2 cm³/mol. The average molecular weight is 303 g/mol. The molecule has 0 radical (unpaired) electrons. The van der Waals surface area contributed by atoms with Crippen LogP contribution in [-0.4, -0.2) is 25.2 Å². The van der Waals surface area contributed by atoms with Gasteiger partial charge in [0.25, 0.3) is 0 Å². The number of rotatable bonds is 3. The van der Waals surface area contributed by atoms with E-state index in [1.807, 2.05) is 24.4 Å². The Kier molecular flexibility index (Phi) is 4.42. The summed E-state index contributed by atoms with van der Waals surface area (Å²) in [6.45, 7) is 2.03. The fourth-order valence-corrected chi connectivity index (χ4v) is 3.18. The van der Waals surface area contributed by atoms with Crippen LogP contribution in [0.25, 0.3) is 0 Å². The predicted octanol–water partition coefficient (Wildman–Crippen LogP) is 3.60. The zero-order chi connectivity index (χ0) is 14.7. The maximum atomic E-state index is 6.00. The zero-order valence-corrected chi connectivity index (χ0v) is 12.8. The minimum atomic E-state index is 0.450. The molecule has 3 rings (SSSR count). The first-order chi connectivity index (χ1) is 10.3. The maximum Gasteiger partial charge on any atom is 0.212 e. The normalized spacial score (nSPS) is 22.0. The molecule has 0 spiro atoms. The first-order valence-corrected chi connectivity index (χ1v) is 7.62. The van der Waals surface area contributed by atoms with E-state index in [0.29, 0.717) is 17.7 Å². The fraction of sp³-hybridized carbons (Fsp3) is 0.353. The van der Waals surface area contributed by atoms with E-state index in [4.69, 9.17) is 16.3 Å². The molecular weight excluding hydrogens is 284 g/mol. The van der Waals surface area contributed by atoms with Crippen LogP contribution < -0.4 is 10.1 Å². The van der Waals surface area contributed by atoms with E-state index < -0.39 is 0 Å². The largest absolute Gasteiger partial charge is 0.481 e. The topological polar surface area (TPSA) is 34.1 Å². The van der Waals surface area contributed by atoms with Crippen molar-refractivity contribution in [3.8, 4) is 5.88 Å². The highest BCUT2D eigenvalue weighted by Crippen LogP contribution is 2.37. The molecule has 1 aliphatic heterocycles. The quantitative estimate of drug-likeness (QED) is 0.940. The van der Waals surface area contributed by atoms with Crippen LogP contribution in [0.4, 0.5) is 0 Å². The van der Waals surface area contributed by atoms with Crippen molar-refractivity contribution in [2.75, 3.05) is 20.2 Å². The van der Waals surface area contributed by atoms with Gasteiger partial charge in [-0.1, -0.05) is 29.8 Å². The van der Waals surface area contributed by atoms with Crippen LogP contribution in [0, 0.1) is 0 Å². The molecule has 1 N–H and O–H groups in total. The number of pyridine rings is 1. The Bertz CT molecular complexity index is 583.